The fourth-order valence-corrected chi connectivity index (χ4v) is 4.27. The number of aromatic amines is 1. The number of piperidine rings is 1. The number of nitrogens with one attached hydrogen (secondary N) is 1. The summed E-state index contributed by atoms with van der Waals surface area (Å²) in [7, 11) is 0. The summed E-state index contributed by atoms with van der Waals surface area (Å²) in [6, 6.07) is 8.25. The molecule has 2 aliphatic heterocycles. The van der Waals surface area contributed by atoms with E-state index in [0.717, 1.165) is 50.3 Å². The molecule has 1 atom stereocenters. The van der Waals surface area contributed by atoms with E-state index in [0.29, 0.717) is 11.7 Å². The van der Waals surface area contributed by atoms with E-state index in [1.54, 1.807) is 6.07 Å². The maximum atomic E-state index is 11.8. The molecule has 0 unspecified atom stereocenters. The van der Waals surface area contributed by atoms with Crippen LogP contribution in [-0.2, 0) is 13.0 Å². The van der Waals surface area contributed by atoms with Crippen LogP contribution in [0.5, 0.6) is 5.75 Å². The summed E-state index contributed by atoms with van der Waals surface area (Å²) in [5.74, 6) is 2.06. The van der Waals surface area contributed by atoms with Crippen molar-refractivity contribution >= 4 is 0 Å². The molecule has 0 saturated carbocycles. The maximum Gasteiger partial charge on any atom is 0.251 e. The van der Waals surface area contributed by atoms with Gasteiger partial charge in [-0.2, -0.15) is 0 Å². The molecule has 5 nitrogen and oxygen atoms in total. The monoisotopic (exact) mass is 353 g/mol. The van der Waals surface area contributed by atoms with E-state index in [1.807, 2.05) is 6.92 Å². The summed E-state index contributed by atoms with van der Waals surface area (Å²) in [5.41, 5.74) is 3.43. The number of likely N-dealkylation sites (tertiary alicyclic amines) is 1. The standard InChI is InChI=1S/C21H27N3O2/c1-14-22-18(10-20(25)23-14)16-5-4-8-24(13-16)12-15-6-7-19-17(9-15)11-21(2,3)26-19/h6-7,9-10,16H,4-5,8,11-13H2,1-3H3,(H,22,23,25)/t16-/m0/s1. The van der Waals surface area contributed by atoms with Gasteiger partial charge in [-0.15, -0.1) is 0 Å². The van der Waals surface area contributed by atoms with E-state index < -0.39 is 0 Å². The van der Waals surface area contributed by atoms with Crippen molar-refractivity contribution in [3.05, 3.63) is 57.3 Å². The normalized spacial score (nSPS) is 22.0. The van der Waals surface area contributed by atoms with Crippen LogP contribution in [0.25, 0.3) is 0 Å². The first-order valence-electron chi connectivity index (χ1n) is 9.49. The van der Waals surface area contributed by atoms with Crippen LogP contribution in [0, 0.1) is 6.92 Å². The molecule has 26 heavy (non-hydrogen) atoms. The minimum atomic E-state index is -0.0962. The van der Waals surface area contributed by atoms with Crippen LogP contribution >= 0.6 is 0 Å². The summed E-state index contributed by atoms with van der Waals surface area (Å²) in [6.45, 7) is 9.11. The van der Waals surface area contributed by atoms with Gasteiger partial charge >= 0.3 is 0 Å². The molecule has 0 spiro atoms. The average molecular weight is 353 g/mol. The van der Waals surface area contributed by atoms with Crippen molar-refractivity contribution in [2.45, 2.75) is 58.1 Å². The molecule has 1 saturated heterocycles. The second-order valence-electron chi connectivity index (χ2n) is 8.31. The number of H-pyrrole nitrogens is 1. The summed E-state index contributed by atoms with van der Waals surface area (Å²) in [5, 5.41) is 0. The number of ether oxygens (including phenoxy) is 1. The lowest BCUT2D eigenvalue weighted by molar-refractivity contribution is 0.138. The Kier molecular flexibility index (Phi) is 4.35. The van der Waals surface area contributed by atoms with E-state index in [4.69, 9.17) is 4.74 Å². The quantitative estimate of drug-likeness (QED) is 0.921. The summed E-state index contributed by atoms with van der Waals surface area (Å²) >= 11 is 0. The highest BCUT2D eigenvalue weighted by molar-refractivity contribution is 5.41. The smallest absolute Gasteiger partial charge is 0.251 e. The molecule has 3 heterocycles. The van der Waals surface area contributed by atoms with Crippen LogP contribution in [0.1, 0.15) is 55.3 Å². The Labute approximate surface area is 154 Å². The van der Waals surface area contributed by atoms with E-state index >= 15 is 0 Å². The molecule has 5 heteroatoms. The second kappa shape index (κ2) is 6.54. The highest BCUT2D eigenvalue weighted by atomic mass is 16.5. The lowest BCUT2D eigenvalue weighted by Gasteiger charge is -2.32. The number of benzene rings is 1. The van der Waals surface area contributed by atoms with Crippen LogP contribution in [0.4, 0.5) is 0 Å². The third kappa shape index (κ3) is 3.68. The zero-order chi connectivity index (χ0) is 18.3. The van der Waals surface area contributed by atoms with Crippen LogP contribution in [-0.4, -0.2) is 33.6 Å². The Morgan fingerprint density at radius 3 is 3.00 bits per heavy atom. The molecule has 0 bridgehead atoms. The lowest BCUT2D eigenvalue weighted by Crippen LogP contribution is -2.34. The van der Waals surface area contributed by atoms with Crippen molar-refractivity contribution in [1.82, 2.24) is 14.9 Å². The van der Waals surface area contributed by atoms with Gasteiger partial charge in [0.2, 0.25) is 0 Å². The molecule has 0 amide bonds. The number of fused-ring (bicyclic) bond motifs is 1. The fraction of sp³-hybridized carbons (Fsp3) is 0.524. The summed E-state index contributed by atoms with van der Waals surface area (Å²) < 4.78 is 5.98. The minimum Gasteiger partial charge on any atom is -0.487 e. The largest absolute Gasteiger partial charge is 0.487 e. The van der Waals surface area contributed by atoms with Crippen molar-refractivity contribution in [1.29, 1.82) is 0 Å². The van der Waals surface area contributed by atoms with Gasteiger partial charge in [-0.05, 0) is 57.4 Å². The summed E-state index contributed by atoms with van der Waals surface area (Å²) in [6.07, 6.45) is 3.20. The first-order valence-corrected chi connectivity index (χ1v) is 9.49. The Bertz CT molecular complexity index is 872. The van der Waals surface area contributed by atoms with E-state index in [2.05, 4.69) is 46.9 Å². The average Bonchev–Trinajstić information content (AvgIpc) is 2.87. The Hall–Kier alpha value is -2.14. The van der Waals surface area contributed by atoms with Gasteiger partial charge in [0.25, 0.3) is 5.56 Å². The number of hydrogen-bond donors (Lipinski definition) is 1. The number of rotatable bonds is 3. The molecular formula is C21H27N3O2. The molecule has 4 rings (SSSR count). The van der Waals surface area contributed by atoms with Gasteiger partial charge < -0.3 is 9.72 Å². The Morgan fingerprint density at radius 1 is 1.35 bits per heavy atom. The zero-order valence-electron chi connectivity index (χ0n) is 15.8. The molecule has 1 aromatic carbocycles. The fourth-order valence-electron chi connectivity index (χ4n) is 4.27. The van der Waals surface area contributed by atoms with Crippen molar-refractivity contribution in [3.63, 3.8) is 0 Å². The maximum absolute atomic E-state index is 11.8. The molecular weight excluding hydrogens is 326 g/mol. The van der Waals surface area contributed by atoms with Crippen molar-refractivity contribution in [2.24, 2.45) is 0 Å². The van der Waals surface area contributed by atoms with Crippen LogP contribution in [0.15, 0.2) is 29.1 Å². The third-order valence-electron chi connectivity index (χ3n) is 5.34. The Balaban J connectivity index is 1.47. The van der Waals surface area contributed by atoms with Gasteiger partial charge in [-0.3, -0.25) is 9.69 Å². The van der Waals surface area contributed by atoms with Crippen molar-refractivity contribution < 1.29 is 4.74 Å². The predicted molar refractivity (Wildman–Crippen MR) is 102 cm³/mol. The first kappa shape index (κ1) is 17.3. The minimum absolute atomic E-state index is 0.0501. The van der Waals surface area contributed by atoms with Gasteiger partial charge in [0.15, 0.2) is 0 Å². The van der Waals surface area contributed by atoms with E-state index in [-0.39, 0.29) is 11.2 Å². The lowest BCUT2D eigenvalue weighted by atomic mass is 9.94. The molecule has 2 aromatic rings. The Morgan fingerprint density at radius 2 is 2.19 bits per heavy atom. The van der Waals surface area contributed by atoms with Crippen LogP contribution < -0.4 is 10.3 Å². The molecule has 0 aliphatic carbocycles. The zero-order valence-corrected chi connectivity index (χ0v) is 15.8. The van der Waals surface area contributed by atoms with Gasteiger partial charge in [0.1, 0.15) is 17.2 Å². The summed E-state index contributed by atoms with van der Waals surface area (Å²) in [4.78, 5) is 21.5. The van der Waals surface area contributed by atoms with Gasteiger partial charge in [0.05, 0.1) is 5.69 Å². The SMILES string of the molecule is Cc1nc([C@H]2CCCN(Cc3ccc4c(c3)CC(C)(C)O4)C2)cc(=O)[nH]1. The van der Waals surface area contributed by atoms with Gasteiger partial charge in [-0.25, -0.2) is 4.98 Å². The second-order valence-corrected chi connectivity index (χ2v) is 8.31. The van der Waals surface area contributed by atoms with Crippen molar-refractivity contribution in [2.75, 3.05) is 13.1 Å². The molecule has 1 aromatic heterocycles. The number of hydrogen-bond acceptors (Lipinski definition) is 4. The highest BCUT2D eigenvalue weighted by Gasteiger charge is 2.30. The highest BCUT2D eigenvalue weighted by Crippen LogP contribution is 2.35. The topological polar surface area (TPSA) is 58.2 Å². The molecule has 1 N–H and O–H groups in total. The van der Waals surface area contributed by atoms with E-state index in [1.165, 1.54) is 11.1 Å². The number of aryl methyl sites for hydroxylation is 1. The van der Waals surface area contributed by atoms with Crippen molar-refractivity contribution in [3.8, 4) is 5.75 Å². The third-order valence-corrected chi connectivity index (χ3v) is 5.34. The van der Waals surface area contributed by atoms with Gasteiger partial charge in [0, 0.05) is 31.5 Å². The van der Waals surface area contributed by atoms with E-state index in [9.17, 15) is 4.79 Å². The number of nitrogens with zero attached hydrogens (tertiary/aromatic N) is 2. The first-order chi connectivity index (χ1) is 12.4. The van der Waals surface area contributed by atoms with Gasteiger partial charge in [-0.1, -0.05) is 12.1 Å². The van der Waals surface area contributed by atoms with Crippen LogP contribution in [0.2, 0.25) is 0 Å². The molecule has 1 fully saturated rings. The molecule has 2 aliphatic rings. The predicted octanol–water partition coefficient (Wildman–Crippen LogP) is 3.17. The van der Waals surface area contributed by atoms with Crippen LogP contribution in [0.3, 0.4) is 0 Å². The number of aromatic nitrogens is 2. The molecule has 138 valence electrons. The molecule has 0 radical (unpaired) electrons.